The lowest BCUT2D eigenvalue weighted by molar-refractivity contribution is -0.287. The summed E-state index contributed by atoms with van der Waals surface area (Å²) in [5.74, 6) is -5.74. The Morgan fingerprint density at radius 3 is 2.07 bits per heavy atom. The molecule has 0 aromatic carbocycles. The van der Waals surface area contributed by atoms with E-state index < -0.39 is 28.6 Å². The zero-order valence-corrected chi connectivity index (χ0v) is 9.03. The maximum atomic E-state index is 12.3. The van der Waals surface area contributed by atoms with Gasteiger partial charge in [0.1, 0.15) is 0 Å². The fourth-order valence-corrected chi connectivity index (χ4v) is 1.45. The lowest BCUT2D eigenvalue weighted by atomic mass is 10.2. The first-order chi connectivity index (χ1) is 6.06. The molecule has 0 rings (SSSR count). The van der Waals surface area contributed by atoms with E-state index >= 15 is 0 Å². The van der Waals surface area contributed by atoms with E-state index in [9.17, 15) is 26.7 Å². The van der Waals surface area contributed by atoms with Crippen LogP contribution in [0.25, 0.3) is 0 Å². The monoisotopic (exact) mass is 332 g/mol. The van der Waals surface area contributed by atoms with Crippen molar-refractivity contribution in [3.8, 4) is 0 Å². The van der Waals surface area contributed by atoms with E-state index in [4.69, 9.17) is 0 Å². The van der Waals surface area contributed by atoms with Gasteiger partial charge in [-0.05, 0) is 22.6 Å². The van der Waals surface area contributed by atoms with Crippen LogP contribution in [0.3, 0.4) is 0 Å². The maximum Gasteiger partial charge on any atom is 0.453 e. The molecule has 0 aliphatic carbocycles. The molecule has 0 fully saturated rings. The van der Waals surface area contributed by atoms with Crippen molar-refractivity contribution in [2.45, 2.75) is 29.6 Å². The molecule has 0 aromatic heterocycles. The molecule has 0 heterocycles. The van der Waals surface area contributed by atoms with Crippen molar-refractivity contribution in [3.05, 3.63) is 0 Å². The van der Waals surface area contributed by atoms with E-state index in [2.05, 4.69) is 4.74 Å². The Morgan fingerprint density at radius 2 is 1.79 bits per heavy atom. The van der Waals surface area contributed by atoms with Gasteiger partial charge in [-0.3, -0.25) is 4.79 Å². The van der Waals surface area contributed by atoms with Crippen molar-refractivity contribution in [2.75, 3.05) is 0 Å². The highest BCUT2D eigenvalue weighted by Crippen LogP contribution is 2.40. The fourth-order valence-electron chi connectivity index (χ4n) is 0.539. The second kappa shape index (κ2) is 4.58. The topological polar surface area (TPSA) is 26.3 Å². The van der Waals surface area contributed by atoms with Crippen molar-refractivity contribution in [3.63, 3.8) is 0 Å². The van der Waals surface area contributed by atoms with Gasteiger partial charge in [-0.15, -0.1) is 0 Å². The van der Waals surface area contributed by atoms with E-state index in [1.165, 1.54) is 22.6 Å². The zero-order valence-electron chi connectivity index (χ0n) is 6.87. The van der Waals surface area contributed by atoms with Crippen LogP contribution in [-0.4, -0.2) is 22.2 Å². The van der Waals surface area contributed by atoms with Crippen LogP contribution in [0, 0.1) is 0 Å². The SMILES string of the molecule is CC(=O)OC(I)CC(F)(F)C(F)(F)F. The predicted molar refractivity (Wildman–Crippen MR) is 45.2 cm³/mol. The van der Waals surface area contributed by atoms with Crippen LogP contribution in [0.1, 0.15) is 13.3 Å². The highest BCUT2D eigenvalue weighted by molar-refractivity contribution is 14.1. The van der Waals surface area contributed by atoms with Gasteiger partial charge in [0.2, 0.25) is 0 Å². The van der Waals surface area contributed by atoms with Gasteiger partial charge in [-0.1, -0.05) is 0 Å². The number of esters is 1. The highest BCUT2D eigenvalue weighted by Gasteiger charge is 2.58. The molecule has 0 aromatic rings. The van der Waals surface area contributed by atoms with E-state index in [-0.39, 0.29) is 0 Å². The first-order valence-electron chi connectivity index (χ1n) is 3.32. The third kappa shape index (κ3) is 4.38. The molecule has 0 aliphatic rings. The van der Waals surface area contributed by atoms with Crippen molar-refractivity contribution < 1.29 is 31.5 Å². The molecular formula is C6H6F5IO2. The quantitative estimate of drug-likeness (QED) is 0.344. The van der Waals surface area contributed by atoms with Crippen LogP contribution in [-0.2, 0) is 9.53 Å². The first kappa shape index (κ1) is 13.8. The summed E-state index contributed by atoms with van der Waals surface area (Å²) in [7, 11) is 0. The van der Waals surface area contributed by atoms with Gasteiger partial charge in [0.25, 0.3) is 0 Å². The van der Waals surface area contributed by atoms with Crippen molar-refractivity contribution in [2.24, 2.45) is 0 Å². The smallest absolute Gasteiger partial charge is 0.452 e. The Bertz CT molecular complexity index is 215. The zero-order chi connectivity index (χ0) is 11.6. The molecule has 0 aliphatic heterocycles. The van der Waals surface area contributed by atoms with Gasteiger partial charge >= 0.3 is 18.1 Å². The maximum absolute atomic E-state index is 12.3. The average Bonchev–Trinajstić information content (AvgIpc) is 1.79. The van der Waals surface area contributed by atoms with Crippen molar-refractivity contribution in [1.29, 1.82) is 0 Å². The van der Waals surface area contributed by atoms with Crippen molar-refractivity contribution in [1.82, 2.24) is 0 Å². The Kier molecular flexibility index (Phi) is 4.53. The number of hydrogen-bond acceptors (Lipinski definition) is 2. The number of carbonyl (C=O) groups is 1. The van der Waals surface area contributed by atoms with Crippen molar-refractivity contribution >= 4 is 28.6 Å². The van der Waals surface area contributed by atoms with Crippen LogP contribution >= 0.6 is 22.6 Å². The third-order valence-electron chi connectivity index (χ3n) is 1.13. The molecule has 84 valence electrons. The normalized spacial score (nSPS) is 15.1. The van der Waals surface area contributed by atoms with Crippen LogP contribution in [0.2, 0.25) is 0 Å². The Balaban J connectivity index is 4.29. The van der Waals surface area contributed by atoms with Gasteiger partial charge in [0, 0.05) is 6.92 Å². The lowest BCUT2D eigenvalue weighted by Crippen LogP contribution is -2.39. The van der Waals surface area contributed by atoms with E-state index in [0.717, 1.165) is 6.92 Å². The summed E-state index contributed by atoms with van der Waals surface area (Å²) >= 11 is 1.20. The van der Waals surface area contributed by atoms with Crippen LogP contribution < -0.4 is 0 Å². The number of carbonyl (C=O) groups excluding carboxylic acids is 1. The minimum absolute atomic E-state index is 0.901. The van der Waals surface area contributed by atoms with E-state index in [1.807, 2.05) is 0 Å². The summed E-state index contributed by atoms with van der Waals surface area (Å²) in [6.07, 6.45) is -7.19. The minimum atomic E-state index is -5.61. The molecular weight excluding hydrogens is 326 g/mol. The third-order valence-corrected chi connectivity index (χ3v) is 1.82. The average molecular weight is 332 g/mol. The molecule has 0 N–H and O–H groups in total. The van der Waals surface area contributed by atoms with Gasteiger partial charge in [0.05, 0.1) is 6.42 Å². The van der Waals surface area contributed by atoms with Gasteiger partial charge in [-0.25, -0.2) is 0 Å². The molecule has 0 saturated carbocycles. The lowest BCUT2D eigenvalue weighted by Gasteiger charge is -2.21. The number of hydrogen-bond donors (Lipinski definition) is 0. The summed E-state index contributed by atoms with van der Waals surface area (Å²) in [5, 5.41) is 0. The summed E-state index contributed by atoms with van der Waals surface area (Å²) in [6, 6.07) is 0. The summed E-state index contributed by atoms with van der Waals surface area (Å²) in [5.41, 5.74) is 0. The van der Waals surface area contributed by atoms with Crippen LogP contribution in [0.15, 0.2) is 0 Å². The molecule has 0 radical (unpaired) electrons. The molecule has 1 unspecified atom stereocenters. The molecule has 0 saturated heterocycles. The molecule has 0 bridgehead atoms. The summed E-state index contributed by atoms with van der Waals surface area (Å²) in [6.45, 7) is 0.928. The molecule has 8 heteroatoms. The Labute approximate surface area is 89.9 Å². The summed E-state index contributed by atoms with van der Waals surface area (Å²) in [4.78, 5) is 10.2. The summed E-state index contributed by atoms with van der Waals surface area (Å²) < 4.78 is 62.2. The van der Waals surface area contributed by atoms with Crippen LogP contribution in [0.4, 0.5) is 22.0 Å². The Hall–Kier alpha value is -0.150. The standard InChI is InChI=1S/C6H6F5IO2/c1-3(13)14-4(12)2-5(7,8)6(9,10)11/h4H,2H2,1H3. The Morgan fingerprint density at radius 1 is 1.36 bits per heavy atom. The molecule has 0 spiro atoms. The predicted octanol–water partition coefficient (Wildman–Crippen LogP) is 2.90. The number of ether oxygens (including phenoxy) is 1. The second-order valence-corrected chi connectivity index (χ2v) is 3.82. The molecule has 0 amide bonds. The number of rotatable bonds is 3. The number of halogens is 6. The van der Waals surface area contributed by atoms with E-state index in [1.54, 1.807) is 0 Å². The van der Waals surface area contributed by atoms with Gasteiger partial charge in [-0.2, -0.15) is 22.0 Å². The van der Waals surface area contributed by atoms with Crippen LogP contribution in [0.5, 0.6) is 0 Å². The second-order valence-electron chi connectivity index (χ2n) is 2.43. The number of alkyl halides is 6. The van der Waals surface area contributed by atoms with E-state index in [0.29, 0.717) is 0 Å². The minimum Gasteiger partial charge on any atom is -0.452 e. The molecule has 1 atom stereocenters. The largest absolute Gasteiger partial charge is 0.453 e. The van der Waals surface area contributed by atoms with Gasteiger partial charge < -0.3 is 4.74 Å². The highest BCUT2D eigenvalue weighted by atomic mass is 127. The first-order valence-corrected chi connectivity index (χ1v) is 4.56. The molecule has 2 nitrogen and oxygen atoms in total. The molecule has 14 heavy (non-hydrogen) atoms. The fraction of sp³-hybridized carbons (Fsp3) is 0.833. The van der Waals surface area contributed by atoms with Gasteiger partial charge in [0.15, 0.2) is 4.11 Å².